The molecule has 0 fully saturated rings. The minimum Gasteiger partial charge on any atom is -0.497 e. The third-order valence-corrected chi connectivity index (χ3v) is 6.90. The molecule has 0 unspecified atom stereocenters. The fourth-order valence-corrected chi connectivity index (χ4v) is 5.13. The molecule has 0 bridgehead atoms. The summed E-state index contributed by atoms with van der Waals surface area (Å²) in [6.45, 7) is 0. The highest BCUT2D eigenvalue weighted by molar-refractivity contribution is 6.23. The lowest BCUT2D eigenvalue weighted by atomic mass is 9.78. The Bertz CT molecular complexity index is 1500. The van der Waals surface area contributed by atoms with Crippen molar-refractivity contribution in [1.29, 1.82) is 0 Å². The number of rotatable bonds is 5. The standard InChI is InChI=1S/C31H24O3/c1-33-27-14-10-24(11-15-27)31(32,25-12-16-28(34-2)17-13-25)26-18-22-8-6-20-4-3-5-21-7-9-23(19-26)30(22)29(20)21/h3-19,32H,1-2H3. The first-order valence-electron chi connectivity index (χ1n) is 11.3. The lowest BCUT2D eigenvalue weighted by Gasteiger charge is -2.31. The Kier molecular flexibility index (Phi) is 4.68. The molecule has 3 heteroatoms. The van der Waals surface area contributed by atoms with E-state index < -0.39 is 5.60 Å². The molecule has 166 valence electrons. The molecule has 6 rings (SSSR count). The summed E-state index contributed by atoms with van der Waals surface area (Å²) in [4.78, 5) is 0. The third-order valence-electron chi connectivity index (χ3n) is 6.90. The van der Waals surface area contributed by atoms with E-state index in [4.69, 9.17) is 9.47 Å². The first-order valence-corrected chi connectivity index (χ1v) is 11.3. The van der Waals surface area contributed by atoms with E-state index in [0.717, 1.165) is 39.0 Å². The topological polar surface area (TPSA) is 38.7 Å². The van der Waals surface area contributed by atoms with Gasteiger partial charge in [-0.15, -0.1) is 0 Å². The van der Waals surface area contributed by atoms with Crippen molar-refractivity contribution in [1.82, 2.24) is 0 Å². The number of aliphatic hydroxyl groups is 1. The lowest BCUT2D eigenvalue weighted by molar-refractivity contribution is 0.126. The number of methoxy groups -OCH3 is 2. The van der Waals surface area contributed by atoms with Crippen LogP contribution in [0.1, 0.15) is 16.7 Å². The van der Waals surface area contributed by atoms with Crippen molar-refractivity contribution in [2.75, 3.05) is 14.2 Å². The largest absolute Gasteiger partial charge is 0.497 e. The van der Waals surface area contributed by atoms with E-state index in [1.54, 1.807) is 14.2 Å². The summed E-state index contributed by atoms with van der Waals surface area (Å²) in [6.07, 6.45) is 0. The van der Waals surface area contributed by atoms with Crippen LogP contribution in [0.25, 0.3) is 32.3 Å². The van der Waals surface area contributed by atoms with E-state index in [2.05, 4.69) is 54.6 Å². The van der Waals surface area contributed by atoms with E-state index in [9.17, 15) is 5.11 Å². The Morgan fingerprint density at radius 2 is 0.912 bits per heavy atom. The van der Waals surface area contributed by atoms with Crippen molar-refractivity contribution < 1.29 is 14.6 Å². The van der Waals surface area contributed by atoms with Gasteiger partial charge in [-0.2, -0.15) is 0 Å². The van der Waals surface area contributed by atoms with E-state index in [1.165, 1.54) is 21.5 Å². The summed E-state index contributed by atoms with van der Waals surface area (Å²) >= 11 is 0. The zero-order valence-corrected chi connectivity index (χ0v) is 19.1. The van der Waals surface area contributed by atoms with Crippen molar-refractivity contribution in [3.05, 3.63) is 120 Å². The second-order valence-corrected chi connectivity index (χ2v) is 8.68. The quantitative estimate of drug-likeness (QED) is 0.233. The highest BCUT2D eigenvalue weighted by Gasteiger charge is 2.34. The fourth-order valence-electron chi connectivity index (χ4n) is 5.13. The predicted octanol–water partition coefficient (Wildman–Crippen LogP) is 6.89. The molecular weight excluding hydrogens is 420 g/mol. The second-order valence-electron chi connectivity index (χ2n) is 8.68. The molecule has 0 aliphatic heterocycles. The van der Waals surface area contributed by atoms with Gasteiger partial charge in [0.1, 0.15) is 17.1 Å². The molecule has 0 aliphatic carbocycles. The van der Waals surface area contributed by atoms with Gasteiger partial charge in [-0.3, -0.25) is 0 Å². The molecule has 34 heavy (non-hydrogen) atoms. The minimum absolute atomic E-state index is 0.747. The Balaban J connectivity index is 1.64. The van der Waals surface area contributed by atoms with Crippen LogP contribution in [0.3, 0.4) is 0 Å². The van der Waals surface area contributed by atoms with Crippen molar-refractivity contribution in [2.45, 2.75) is 5.60 Å². The summed E-state index contributed by atoms with van der Waals surface area (Å²) in [7, 11) is 3.29. The van der Waals surface area contributed by atoms with Gasteiger partial charge in [0.2, 0.25) is 0 Å². The van der Waals surface area contributed by atoms with Crippen molar-refractivity contribution in [3.63, 3.8) is 0 Å². The summed E-state index contributed by atoms with van der Waals surface area (Å²) in [6, 6.07) is 34.5. The third kappa shape index (κ3) is 3.01. The van der Waals surface area contributed by atoms with Crippen LogP contribution in [0.4, 0.5) is 0 Å². The molecule has 1 N–H and O–H groups in total. The van der Waals surface area contributed by atoms with Crippen molar-refractivity contribution in [2.24, 2.45) is 0 Å². The SMILES string of the molecule is COc1ccc(C(O)(c2ccc(OC)cc2)c2cc3ccc4cccc5ccc(c2)c3c45)cc1. The molecule has 3 nitrogen and oxygen atoms in total. The minimum atomic E-state index is -1.36. The van der Waals surface area contributed by atoms with Crippen molar-refractivity contribution >= 4 is 32.3 Å². The zero-order valence-electron chi connectivity index (χ0n) is 19.1. The van der Waals surface area contributed by atoms with E-state index in [1.807, 2.05) is 48.5 Å². The Morgan fingerprint density at radius 3 is 1.35 bits per heavy atom. The monoisotopic (exact) mass is 444 g/mol. The Labute approximate surface area is 198 Å². The van der Waals surface area contributed by atoms with Gasteiger partial charge in [0.25, 0.3) is 0 Å². The average Bonchev–Trinajstić information content (AvgIpc) is 2.91. The van der Waals surface area contributed by atoms with Crippen LogP contribution in [0, 0.1) is 0 Å². The van der Waals surface area contributed by atoms with E-state index >= 15 is 0 Å². The van der Waals surface area contributed by atoms with Gasteiger partial charge < -0.3 is 14.6 Å². The van der Waals surface area contributed by atoms with Gasteiger partial charge in [-0.25, -0.2) is 0 Å². The van der Waals surface area contributed by atoms with Crippen LogP contribution in [-0.4, -0.2) is 19.3 Å². The first kappa shape index (κ1) is 20.5. The highest BCUT2D eigenvalue weighted by Crippen LogP contribution is 2.42. The smallest absolute Gasteiger partial charge is 0.140 e. The Morgan fingerprint density at radius 1 is 0.500 bits per heavy atom. The van der Waals surface area contributed by atoms with Gasteiger partial charge in [0.05, 0.1) is 14.2 Å². The van der Waals surface area contributed by atoms with Crippen molar-refractivity contribution in [3.8, 4) is 11.5 Å². The molecule has 0 aliphatic rings. The first-order chi connectivity index (χ1) is 16.6. The fraction of sp³-hybridized carbons (Fsp3) is 0.0968. The number of ether oxygens (including phenoxy) is 2. The molecule has 6 aromatic carbocycles. The lowest BCUT2D eigenvalue weighted by Crippen LogP contribution is -2.28. The molecule has 0 saturated carbocycles. The zero-order chi connectivity index (χ0) is 23.3. The van der Waals surface area contributed by atoms with Gasteiger partial charge >= 0.3 is 0 Å². The highest BCUT2D eigenvalue weighted by atomic mass is 16.5. The van der Waals surface area contributed by atoms with Crippen LogP contribution in [0.2, 0.25) is 0 Å². The summed E-state index contributed by atoms with van der Waals surface area (Å²) in [5, 5.41) is 19.6. The van der Waals surface area contributed by atoms with Crippen LogP contribution in [-0.2, 0) is 5.60 Å². The molecule has 0 aromatic heterocycles. The summed E-state index contributed by atoms with van der Waals surface area (Å²) < 4.78 is 10.7. The van der Waals surface area contributed by atoms with E-state index in [-0.39, 0.29) is 0 Å². The maximum Gasteiger partial charge on any atom is 0.140 e. The molecular formula is C31H24O3. The predicted molar refractivity (Wildman–Crippen MR) is 138 cm³/mol. The molecule has 0 spiro atoms. The molecule has 6 aromatic rings. The summed E-state index contributed by atoms with van der Waals surface area (Å²) in [5.41, 5.74) is 0.995. The number of hydrogen-bond acceptors (Lipinski definition) is 3. The summed E-state index contributed by atoms with van der Waals surface area (Å²) in [5.74, 6) is 1.49. The van der Waals surface area contributed by atoms with Gasteiger partial charge in [-0.05, 0) is 85.4 Å². The van der Waals surface area contributed by atoms with Gasteiger partial charge in [-0.1, -0.05) is 66.7 Å². The van der Waals surface area contributed by atoms with Crippen LogP contribution in [0.5, 0.6) is 11.5 Å². The number of hydrogen-bond donors (Lipinski definition) is 1. The van der Waals surface area contributed by atoms with Crippen LogP contribution >= 0.6 is 0 Å². The normalized spacial score (nSPS) is 12.0. The maximum atomic E-state index is 12.5. The van der Waals surface area contributed by atoms with Gasteiger partial charge in [0.15, 0.2) is 0 Å². The number of benzene rings is 6. The van der Waals surface area contributed by atoms with Crippen LogP contribution < -0.4 is 9.47 Å². The molecule has 0 radical (unpaired) electrons. The average molecular weight is 445 g/mol. The van der Waals surface area contributed by atoms with E-state index in [0.29, 0.717) is 0 Å². The van der Waals surface area contributed by atoms with Crippen LogP contribution in [0.15, 0.2) is 103 Å². The molecule has 0 atom stereocenters. The van der Waals surface area contributed by atoms with Gasteiger partial charge in [0, 0.05) is 0 Å². The molecule has 0 amide bonds. The maximum absolute atomic E-state index is 12.5. The molecule has 0 heterocycles. The Hall–Kier alpha value is -4.08. The second kappa shape index (κ2) is 7.75. The molecule has 0 saturated heterocycles.